The SMILES string of the molecule is C[C@H](O)C(=O)N1CC2CC(N(C)c3c(C#N)cnc4c3ccn4S(=O)(=O)c3ccccc3)CC2C1. The van der Waals surface area contributed by atoms with Crippen molar-refractivity contribution in [3.63, 3.8) is 0 Å². The predicted octanol–water partition coefficient (Wildman–Crippen LogP) is 2.20. The van der Waals surface area contributed by atoms with E-state index in [0.29, 0.717) is 41.6 Å². The lowest BCUT2D eigenvalue weighted by Crippen LogP contribution is -2.38. The van der Waals surface area contributed by atoms with E-state index in [9.17, 15) is 23.6 Å². The van der Waals surface area contributed by atoms with Crippen molar-refractivity contribution in [3.05, 3.63) is 54.4 Å². The number of likely N-dealkylation sites (tertiary alicyclic amines) is 1. The maximum Gasteiger partial charge on any atom is 0.269 e. The van der Waals surface area contributed by atoms with Crippen molar-refractivity contribution in [1.29, 1.82) is 5.26 Å². The molecule has 1 amide bonds. The van der Waals surface area contributed by atoms with Gasteiger partial charge < -0.3 is 14.9 Å². The molecule has 1 saturated heterocycles. The van der Waals surface area contributed by atoms with Crippen LogP contribution in [0.15, 0.2) is 53.7 Å². The van der Waals surface area contributed by atoms with Gasteiger partial charge in [-0.05, 0) is 49.8 Å². The summed E-state index contributed by atoms with van der Waals surface area (Å²) in [5.74, 6) is 0.431. The Bertz CT molecular complexity index is 1410. The Morgan fingerprint density at radius 3 is 2.46 bits per heavy atom. The minimum Gasteiger partial charge on any atom is -0.384 e. The van der Waals surface area contributed by atoms with Crippen LogP contribution in [0.1, 0.15) is 25.3 Å². The molecule has 182 valence electrons. The molecule has 2 aromatic heterocycles. The Balaban J connectivity index is 1.46. The molecule has 9 nitrogen and oxygen atoms in total. The number of rotatable bonds is 5. The lowest BCUT2D eigenvalue weighted by molar-refractivity contribution is -0.138. The molecule has 1 N–H and O–H groups in total. The third-order valence-electron chi connectivity index (χ3n) is 7.37. The van der Waals surface area contributed by atoms with Gasteiger partial charge in [-0.15, -0.1) is 0 Å². The first-order chi connectivity index (χ1) is 16.7. The Kier molecular flexibility index (Phi) is 5.77. The first-order valence-electron chi connectivity index (χ1n) is 11.6. The number of pyridine rings is 1. The summed E-state index contributed by atoms with van der Waals surface area (Å²) >= 11 is 0. The van der Waals surface area contributed by atoms with E-state index in [0.717, 1.165) is 12.8 Å². The Morgan fingerprint density at radius 1 is 1.20 bits per heavy atom. The van der Waals surface area contributed by atoms with Gasteiger partial charge in [0.05, 0.1) is 16.1 Å². The van der Waals surface area contributed by atoms with Crippen LogP contribution in [-0.2, 0) is 14.8 Å². The number of fused-ring (bicyclic) bond motifs is 2. The average molecular weight is 494 g/mol. The van der Waals surface area contributed by atoms with Gasteiger partial charge in [0.2, 0.25) is 0 Å². The summed E-state index contributed by atoms with van der Waals surface area (Å²) in [6.45, 7) is 2.75. The zero-order valence-electron chi connectivity index (χ0n) is 19.6. The monoisotopic (exact) mass is 493 g/mol. The first-order valence-corrected chi connectivity index (χ1v) is 13.1. The lowest BCUT2D eigenvalue weighted by atomic mass is 10.0. The molecule has 35 heavy (non-hydrogen) atoms. The Labute approximate surface area is 204 Å². The third kappa shape index (κ3) is 3.85. The van der Waals surface area contributed by atoms with Crippen molar-refractivity contribution in [2.45, 2.75) is 36.8 Å². The quantitative estimate of drug-likeness (QED) is 0.579. The zero-order valence-corrected chi connectivity index (χ0v) is 20.4. The fourth-order valence-electron chi connectivity index (χ4n) is 5.62. The molecular formula is C25H27N5O4S. The molecule has 3 aromatic rings. The number of aliphatic hydroxyl groups is 1. The number of carbonyl (C=O) groups is 1. The van der Waals surface area contributed by atoms with Gasteiger partial charge in [0, 0.05) is 44.0 Å². The summed E-state index contributed by atoms with van der Waals surface area (Å²) in [6, 6.07) is 12.2. The van der Waals surface area contributed by atoms with Crippen LogP contribution in [0.5, 0.6) is 0 Å². The van der Waals surface area contributed by atoms with Crippen LogP contribution in [0.3, 0.4) is 0 Å². The molecule has 3 atom stereocenters. The number of benzene rings is 1. The van der Waals surface area contributed by atoms with Crippen LogP contribution in [0.25, 0.3) is 11.0 Å². The second-order valence-electron chi connectivity index (χ2n) is 9.47. The molecule has 3 heterocycles. The minimum absolute atomic E-state index is 0.139. The molecule has 5 rings (SSSR count). The fourth-order valence-corrected chi connectivity index (χ4v) is 6.94. The Hall–Kier alpha value is -3.42. The summed E-state index contributed by atoms with van der Waals surface area (Å²) < 4.78 is 27.7. The highest BCUT2D eigenvalue weighted by Gasteiger charge is 2.44. The van der Waals surface area contributed by atoms with Crippen molar-refractivity contribution in [1.82, 2.24) is 13.9 Å². The summed E-state index contributed by atoms with van der Waals surface area (Å²) in [7, 11) is -1.91. The molecule has 2 fully saturated rings. The second kappa shape index (κ2) is 8.66. The van der Waals surface area contributed by atoms with Crippen molar-refractivity contribution in [3.8, 4) is 6.07 Å². The van der Waals surface area contributed by atoms with E-state index in [1.807, 2.05) is 7.05 Å². The topological polar surface area (TPSA) is 120 Å². The van der Waals surface area contributed by atoms with Gasteiger partial charge in [0.25, 0.3) is 15.9 Å². The molecule has 1 aliphatic heterocycles. The van der Waals surface area contributed by atoms with Crippen molar-refractivity contribution >= 4 is 32.7 Å². The minimum atomic E-state index is -3.84. The number of carbonyl (C=O) groups excluding carboxylic acids is 1. The normalized spacial score (nSPS) is 22.7. The summed E-state index contributed by atoms with van der Waals surface area (Å²) in [5.41, 5.74) is 1.33. The summed E-state index contributed by atoms with van der Waals surface area (Å²) in [4.78, 5) is 20.5. The number of nitriles is 1. The van der Waals surface area contributed by atoms with Gasteiger partial charge in [0.1, 0.15) is 12.2 Å². The van der Waals surface area contributed by atoms with Gasteiger partial charge in [-0.3, -0.25) is 4.79 Å². The molecule has 0 bridgehead atoms. The largest absolute Gasteiger partial charge is 0.384 e. The van der Waals surface area contributed by atoms with Crippen molar-refractivity contribution in [2.75, 3.05) is 25.0 Å². The van der Waals surface area contributed by atoms with E-state index in [1.54, 1.807) is 41.3 Å². The molecule has 10 heteroatoms. The molecule has 1 aromatic carbocycles. The van der Waals surface area contributed by atoms with Gasteiger partial charge in [-0.25, -0.2) is 17.4 Å². The van der Waals surface area contributed by atoms with Gasteiger partial charge in [-0.2, -0.15) is 5.26 Å². The maximum absolute atomic E-state index is 13.3. The van der Waals surface area contributed by atoms with E-state index < -0.39 is 16.1 Å². The highest BCUT2D eigenvalue weighted by molar-refractivity contribution is 7.90. The maximum atomic E-state index is 13.3. The number of hydrogen-bond acceptors (Lipinski definition) is 7. The second-order valence-corrected chi connectivity index (χ2v) is 11.3. The van der Waals surface area contributed by atoms with Gasteiger partial charge in [0.15, 0.2) is 5.65 Å². The van der Waals surface area contributed by atoms with E-state index in [-0.39, 0.29) is 22.5 Å². The fraction of sp³-hybridized carbons (Fsp3) is 0.400. The highest BCUT2D eigenvalue weighted by Crippen LogP contribution is 2.43. The molecule has 2 aliphatic rings. The summed E-state index contributed by atoms with van der Waals surface area (Å²) in [6.07, 6.45) is 3.63. The highest BCUT2D eigenvalue weighted by atomic mass is 32.2. The Morgan fingerprint density at radius 2 is 1.86 bits per heavy atom. The third-order valence-corrected chi connectivity index (χ3v) is 9.05. The van der Waals surface area contributed by atoms with E-state index >= 15 is 0 Å². The molecular weight excluding hydrogens is 466 g/mol. The number of amides is 1. The average Bonchev–Trinajstić information content (AvgIpc) is 3.56. The smallest absolute Gasteiger partial charge is 0.269 e. The summed E-state index contributed by atoms with van der Waals surface area (Å²) in [5, 5.41) is 20.1. The lowest BCUT2D eigenvalue weighted by Gasteiger charge is -2.30. The van der Waals surface area contributed by atoms with Gasteiger partial charge >= 0.3 is 0 Å². The molecule has 1 aliphatic carbocycles. The number of aliphatic hydroxyl groups excluding tert-OH is 1. The van der Waals surface area contributed by atoms with Crippen LogP contribution in [0.4, 0.5) is 5.69 Å². The van der Waals surface area contributed by atoms with Crippen LogP contribution in [0, 0.1) is 23.2 Å². The van der Waals surface area contributed by atoms with E-state index in [1.165, 1.54) is 23.3 Å². The number of anilines is 1. The molecule has 0 spiro atoms. The van der Waals surface area contributed by atoms with Crippen LogP contribution >= 0.6 is 0 Å². The standard InChI is InChI=1S/C25H27N5O4S/c1-16(31)25(32)29-14-17-10-20(11-18(17)15-29)28(2)23-19(12-26)13-27-24-22(23)8-9-30(24)35(33,34)21-6-4-3-5-7-21/h3-9,13,16-18,20,31H,10-11,14-15H2,1-2H3/t16-,17?,18?,20?/m0/s1. The van der Waals surface area contributed by atoms with Crippen molar-refractivity contribution in [2.24, 2.45) is 11.8 Å². The van der Waals surface area contributed by atoms with Crippen molar-refractivity contribution < 1.29 is 18.3 Å². The van der Waals surface area contributed by atoms with E-state index in [2.05, 4.69) is 16.0 Å². The zero-order chi connectivity index (χ0) is 24.9. The molecule has 2 unspecified atom stereocenters. The molecule has 1 saturated carbocycles. The van der Waals surface area contributed by atoms with Crippen LogP contribution in [-0.4, -0.2) is 65.6 Å². The number of aromatic nitrogens is 2. The van der Waals surface area contributed by atoms with Crippen LogP contribution in [0.2, 0.25) is 0 Å². The predicted molar refractivity (Wildman–Crippen MR) is 130 cm³/mol. The van der Waals surface area contributed by atoms with E-state index in [4.69, 9.17) is 0 Å². The van der Waals surface area contributed by atoms with Gasteiger partial charge in [-0.1, -0.05) is 18.2 Å². The first kappa shape index (κ1) is 23.3. The molecule has 0 radical (unpaired) electrons. The number of nitrogens with zero attached hydrogens (tertiary/aromatic N) is 5. The number of hydrogen-bond donors (Lipinski definition) is 1. The van der Waals surface area contributed by atoms with Crippen LogP contribution < -0.4 is 4.90 Å².